The van der Waals surface area contributed by atoms with E-state index in [1.165, 1.54) is 6.20 Å². The van der Waals surface area contributed by atoms with E-state index in [-0.39, 0.29) is 18.1 Å². The molecule has 0 aliphatic rings. The van der Waals surface area contributed by atoms with E-state index >= 15 is 0 Å². The number of aromatic nitrogens is 3. The van der Waals surface area contributed by atoms with Crippen molar-refractivity contribution in [1.82, 2.24) is 15.0 Å². The fraction of sp³-hybridized carbons (Fsp3) is 0.111. The summed E-state index contributed by atoms with van der Waals surface area (Å²) in [6.07, 6.45) is 2.26. The molecule has 0 spiro atoms. The molecule has 15 heavy (non-hydrogen) atoms. The number of rotatable bonds is 2. The molecule has 0 saturated heterocycles. The lowest BCUT2D eigenvalue weighted by molar-refractivity contribution is 0.277. The number of aliphatic hydroxyl groups excluding tert-OH is 1. The average Bonchev–Trinajstić information content (AvgIpc) is 2.66. The molecule has 78 valence electrons. The highest BCUT2D eigenvalue weighted by Gasteiger charge is 2.11. The Morgan fingerprint density at radius 3 is 2.67 bits per heavy atom. The van der Waals surface area contributed by atoms with Crippen LogP contribution in [0.1, 0.15) is 5.69 Å². The van der Waals surface area contributed by atoms with Gasteiger partial charge in [-0.15, -0.1) is 0 Å². The van der Waals surface area contributed by atoms with Gasteiger partial charge in [-0.1, -0.05) is 0 Å². The van der Waals surface area contributed by atoms with E-state index in [9.17, 15) is 8.78 Å². The Balaban J connectivity index is 2.44. The molecule has 6 heteroatoms. The Kier molecular flexibility index (Phi) is 2.42. The molecule has 0 fully saturated rings. The maximum atomic E-state index is 13.2. The van der Waals surface area contributed by atoms with Crippen molar-refractivity contribution in [2.45, 2.75) is 6.61 Å². The highest BCUT2D eigenvalue weighted by Crippen LogP contribution is 2.17. The van der Waals surface area contributed by atoms with E-state index in [1.54, 1.807) is 0 Å². The minimum atomic E-state index is -0.797. The maximum absolute atomic E-state index is 13.2. The van der Waals surface area contributed by atoms with Crippen LogP contribution in [0.2, 0.25) is 0 Å². The van der Waals surface area contributed by atoms with Crippen LogP contribution in [0.3, 0.4) is 0 Å². The second kappa shape index (κ2) is 3.74. The predicted molar refractivity (Wildman–Crippen MR) is 47.7 cm³/mol. The van der Waals surface area contributed by atoms with E-state index < -0.39 is 11.6 Å². The van der Waals surface area contributed by atoms with Crippen molar-refractivity contribution >= 4 is 0 Å². The van der Waals surface area contributed by atoms with Gasteiger partial charge >= 0.3 is 0 Å². The topological polar surface area (TPSA) is 61.8 Å². The fourth-order valence-electron chi connectivity index (χ4n) is 1.15. The summed E-state index contributed by atoms with van der Waals surface area (Å²) in [6, 6.07) is 0.726. The Labute approximate surface area is 83.6 Å². The number of hydrogen-bond donors (Lipinski definition) is 2. The fourth-order valence-corrected chi connectivity index (χ4v) is 1.15. The van der Waals surface area contributed by atoms with Crippen molar-refractivity contribution in [3.8, 4) is 11.5 Å². The molecule has 0 aliphatic carbocycles. The molecule has 0 aromatic carbocycles. The molecule has 0 atom stereocenters. The highest BCUT2D eigenvalue weighted by atomic mass is 19.1. The summed E-state index contributed by atoms with van der Waals surface area (Å²) in [7, 11) is 0. The number of aromatic amines is 1. The third kappa shape index (κ3) is 1.84. The summed E-state index contributed by atoms with van der Waals surface area (Å²) in [5, 5.41) is 8.77. The van der Waals surface area contributed by atoms with Crippen LogP contribution in [-0.4, -0.2) is 20.1 Å². The minimum Gasteiger partial charge on any atom is -0.390 e. The third-order valence-electron chi connectivity index (χ3n) is 1.83. The molecule has 0 saturated carbocycles. The van der Waals surface area contributed by atoms with Crippen LogP contribution in [0.25, 0.3) is 11.5 Å². The molecule has 2 rings (SSSR count). The van der Waals surface area contributed by atoms with E-state index in [1.807, 2.05) is 0 Å². The molecule has 0 amide bonds. The van der Waals surface area contributed by atoms with E-state index in [0.717, 1.165) is 12.3 Å². The standard InChI is InChI=1S/C9H7F2N3O/c10-5-1-7(11)8(12-2-5)9-13-3-6(4-15)14-9/h1-3,15H,4H2,(H,13,14). The number of hydrogen-bond acceptors (Lipinski definition) is 3. The molecule has 2 aromatic heterocycles. The van der Waals surface area contributed by atoms with Crippen LogP contribution in [0.15, 0.2) is 18.5 Å². The van der Waals surface area contributed by atoms with E-state index in [2.05, 4.69) is 15.0 Å². The van der Waals surface area contributed by atoms with Gasteiger partial charge in [-0.05, 0) is 0 Å². The summed E-state index contributed by atoms with van der Waals surface area (Å²) in [5.41, 5.74) is 0.367. The van der Waals surface area contributed by atoms with Gasteiger partial charge in [-0.3, -0.25) is 0 Å². The molecule has 0 bridgehead atoms. The lowest BCUT2D eigenvalue weighted by Crippen LogP contribution is -1.93. The molecule has 0 unspecified atom stereocenters. The van der Waals surface area contributed by atoms with Crippen molar-refractivity contribution < 1.29 is 13.9 Å². The number of aliphatic hydroxyl groups is 1. The van der Waals surface area contributed by atoms with Crippen molar-refractivity contribution in [3.05, 3.63) is 35.8 Å². The number of imidazole rings is 1. The van der Waals surface area contributed by atoms with E-state index in [0.29, 0.717) is 5.69 Å². The zero-order valence-corrected chi connectivity index (χ0v) is 7.54. The molecule has 0 radical (unpaired) electrons. The Morgan fingerprint density at radius 1 is 1.27 bits per heavy atom. The maximum Gasteiger partial charge on any atom is 0.159 e. The first-order valence-electron chi connectivity index (χ1n) is 4.17. The monoisotopic (exact) mass is 211 g/mol. The van der Waals surface area contributed by atoms with Crippen molar-refractivity contribution in [2.75, 3.05) is 0 Å². The van der Waals surface area contributed by atoms with Gasteiger partial charge in [-0.25, -0.2) is 18.7 Å². The smallest absolute Gasteiger partial charge is 0.159 e. The Morgan fingerprint density at radius 2 is 2.07 bits per heavy atom. The SMILES string of the molecule is OCc1cnc(-c2ncc(F)cc2F)[nH]1. The quantitative estimate of drug-likeness (QED) is 0.785. The zero-order chi connectivity index (χ0) is 10.8. The van der Waals surface area contributed by atoms with Gasteiger partial charge in [0.15, 0.2) is 11.6 Å². The first kappa shape index (κ1) is 9.72. The first-order valence-corrected chi connectivity index (χ1v) is 4.17. The van der Waals surface area contributed by atoms with Gasteiger partial charge < -0.3 is 10.1 Å². The lowest BCUT2D eigenvalue weighted by atomic mass is 10.3. The molecule has 4 nitrogen and oxygen atoms in total. The number of H-pyrrole nitrogens is 1. The summed E-state index contributed by atoms with van der Waals surface area (Å²) >= 11 is 0. The molecule has 0 aliphatic heterocycles. The summed E-state index contributed by atoms with van der Waals surface area (Å²) in [6.45, 7) is -0.226. The Hall–Kier alpha value is -1.82. The number of pyridine rings is 1. The largest absolute Gasteiger partial charge is 0.390 e. The predicted octanol–water partition coefficient (Wildman–Crippen LogP) is 1.24. The van der Waals surface area contributed by atoms with Crippen LogP contribution in [0, 0.1) is 11.6 Å². The van der Waals surface area contributed by atoms with Crippen molar-refractivity contribution in [1.29, 1.82) is 0 Å². The second-order valence-corrected chi connectivity index (χ2v) is 2.90. The van der Waals surface area contributed by atoms with Gasteiger partial charge in [0.05, 0.1) is 24.7 Å². The van der Waals surface area contributed by atoms with Gasteiger partial charge in [-0.2, -0.15) is 0 Å². The zero-order valence-electron chi connectivity index (χ0n) is 7.54. The summed E-state index contributed by atoms with van der Waals surface area (Å²) in [5.74, 6) is -1.38. The second-order valence-electron chi connectivity index (χ2n) is 2.90. The third-order valence-corrected chi connectivity index (χ3v) is 1.83. The minimum absolute atomic E-state index is 0.0731. The van der Waals surface area contributed by atoms with Crippen LogP contribution in [0.4, 0.5) is 8.78 Å². The first-order chi connectivity index (χ1) is 7.20. The lowest BCUT2D eigenvalue weighted by Gasteiger charge is -1.97. The normalized spacial score (nSPS) is 10.6. The van der Waals surface area contributed by atoms with Gasteiger partial charge in [0.1, 0.15) is 11.5 Å². The average molecular weight is 211 g/mol. The number of nitrogens with one attached hydrogen (secondary N) is 1. The molecular weight excluding hydrogens is 204 g/mol. The summed E-state index contributed by atoms with van der Waals surface area (Å²) < 4.78 is 25.8. The van der Waals surface area contributed by atoms with Gasteiger partial charge in [0.2, 0.25) is 0 Å². The molecule has 2 heterocycles. The van der Waals surface area contributed by atoms with Gasteiger partial charge in [0, 0.05) is 6.07 Å². The van der Waals surface area contributed by atoms with Crippen LogP contribution in [0.5, 0.6) is 0 Å². The Bertz CT molecular complexity index is 484. The van der Waals surface area contributed by atoms with E-state index in [4.69, 9.17) is 5.11 Å². The van der Waals surface area contributed by atoms with Crippen molar-refractivity contribution in [3.63, 3.8) is 0 Å². The number of nitrogens with zero attached hydrogens (tertiary/aromatic N) is 2. The van der Waals surface area contributed by atoms with Gasteiger partial charge in [0.25, 0.3) is 0 Å². The highest BCUT2D eigenvalue weighted by molar-refractivity contribution is 5.49. The number of halogens is 2. The van der Waals surface area contributed by atoms with Crippen LogP contribution >= 0.6 is 0 Å². The van der Waals surface area contributed by atoms with Crippen molar-refractivity contribution in [2.24, 2.45) is 0 Å². The molecular formula is C9H7F2N3O. The van der Waals surface area contributed by atoms with Crippen LogP contribution in [-0.2, 0) is 6.61 Å². The molecule has 2 N–H and O–H groups in total. The molecule has 2 aromatic rings. The van der Waals surface area contributed by atoms with Crippen LogP contribution < -0.4 is 0 Å². The summed E-state index contributed by atoms with van der Waals surface area (Å²) in [4.78, 5) is 10.0.